The molecule has 3 aromatic heterocycles. The molecule has 0 fully saturated rings. The molecular weight excluding hydrogens is 574 g/mol. The fourth-order valence-corrected chi connectivity index (χ4v) is 7.21. The second-order valence-corrected chi connectivity index (χ2v) is 12.0. The Morgan fingerprint density at radius 2 is 1.09 bits per heavy atom. The smallest absolute Gasteiger partial charge is 0.145 e. The molecule has 0 aliphatic carbocycles. The fourth-order valence-electron chi connectivity index (χ4n) is 7.21. The van der Waals surface area contributed by atoms with Crippen LogP contribution in [0, 0.1) is 0 Å². The lowest BCUT2D eigenvalue weighted by Gasteiger charge is -2.12. The highest BCUT2D eigenvalue weighted by Gasteiger charge is 2.18. The topological polar surface area (TPSA) is 35.9 Å². The quantitative estimate of drug-likeness (QED) is 0.201. The second kappa shape index (κ2) is 10.1. The average molecular weight is 602 g/mol. The average Bonchev–Trinajstić information content (AvgIpc) is 3.82. The summed E-state index contributed by atoms with van der Waals surface area (Å²) in [6, 6.07) is 57.7. The highest BCUT2D eigenvalue weighted by Crippen LogP contribution is 2.39. The van der Waals surface area contributed by atoms with E-state index in [0.29, 0.717) is 0 Å². The van der Waals surface area contributed by atoms with Crippen molar-refractivity contribution in [2.45, 2.75) is 0 Å². The summed E-state index contributed by atoms with van der Waals surface area (Å²) in [7, 11) is 0. The number of fused-ring (bicyclic) bond motifs is 7. The number of benzene rings is 7. The number of rotatable bonds is 4. The van der Waals surface area contributed by atoms with Gasteiger partial charge in [0.1, 0.15) is 17.0 Å². The Bertz CT molecular complexity index is 2780. The molecule has 0 saturated heterocycles. The maximum absolute atomic E-state index is 6.40. The lowest BCUT2D eigenvalue weighted by atomic mass is 10.0. The van der Waals surface area contributed by atoms with Gasteiger partial charge >= 0.3 is 0 Å². The van der Waals surface area contributed by atoms with Crippen molar-refractivity contribution in [3.8, 4) is 33.9 Å². The van der Waals surface area contributed by atoms with Crippen LogP contribution >= 0.6 is 0 Å². The molecule has 0 saturated carbocycles. The number of hydrogen-bond donors (Lipinski definition) is 0. The van der Waals surface area contributed by atoms with Gasteiger partial charge in [-0.1, -0.05) is 91.0 Å². The first-order valence-corrected chi connectivity index (χ1v) is 15.9. The number of para-hydroxylation sites is 6. The Labute approximate surface area is 270 Å². The summed E-state index contributed by atoms with van der Waals surface area (Å²) >= 11 is 0. The Kier molecular flexibility index (Phi) is 5.54. The highest BCUT2D eigenvalue weighted by atomic mass is 16.3. The largest absolute Gasteiger partial charge is 0.455 e. The third-order valence-corrected chi connectivity index (χ3v) is 9.35. The van der Waals surface area contributed by atoms with Gasteiger partial charge in [-0.2, -0.15) is 0 Å². The SMILES string of the molecule is c1ccc(-n2c(-c3ccc(-n4c5ccccc5c5cc(-c6cccc7c6oc6ccccc67)ccc54)cc3)nc3ccccc32)cc1. The molecule has 0 spiro atoms. The molecule has 0 aliphatic rings. The van der Waals surface area contributed by atoms with Crippen LogP contribution in [-0.2, 0) is 0 Å². The Balaban J connectivity index is 1.12. The lowest BCUT2D eigenvalue weighted by Crippen LogP contribution is -1.98. The van der Waals surface area contributed by atoms with Crippen molar-refractivity contribution in [1.82, 2.24) is 14.1 Å². The summed E-state index contributed by atoms with van der Waals surface area (Å²) in [5, 5.41) is 4.71. The standard InChI is InChI=1S/C43H27N3O/c1-2-11-30(12-3-1)46-40-19-8-6-17-37(40)44-43(46)28-21-24-31(25-22-28)45-38-18-7-4-13-33(38)36-27-29(23-26-39(36)45)32-15-10-16-35-34-14-5-9-20-41(34)47-42(32)35/h1-27H. The second-order valence-electron chi connectivity index (χ2n) is 12.0. The van der Waals surface area contributed by atoms with Gasteiger partial charge in [-0.05, 0) is 78.4 Å². The van der Waals surface area contributed by atoms with Gasteiger partial charge in [-0.3, -0.25) is 4.57 Å². The van der Waals surface area contributed by atoms with Crippen molar-refractivity contribution < 1.29 is 4.42 Å². The molecule has 10 aromatic rings. The number of nitrogens with zero attached hydrogens (tertiary/aromatic N) is 3. The molecule has 0 N–H and O–H groups in total. The first kappa shape index (κ1) is 25.9. The zero-order valence-electron chi connectivity index (χ0n) is 25.3. The third-order valence-electron chi connectivity index (χ3n) is 9.35. The molecule has 0 unspecified atom stereocenters. The first-order valence-electron chi connectivity index (χ1n) is 15.9. The summed E-state index contributed by atoms with van der Waals surface area (Å²) < 4.78 is 11.0. The van der Waals surface area contributed by atoms with Crippen molar-refractivity contribution in [2.24, 2.45) is 0 Å². The molecule has 4 nitrogen and oxygen atoms in total. The molecule has 10 rings (SSSR count). The van der Waals surface area contributed by atoms with E-state index in [1.807, 2.05) is 24.3 Å². The summed E-state index contributed by atoms with van der Waals surface area (Å²) in [5.41, 5.74) is 11.7. The van der Waals surface area contributed by atoms with E-state index in [1.54, 1.807) is 0 Å². The zero-order chi connectivity index (χ0) is 30.9. The normalized spacial score (nSPS) is 11.8. The molecular formula is C43H27N3O. The predicted octanol–water partition coefficient (Wildman–Crippen LogP) is 11.4. The number of aromatic nitrogens is 3. The zero-order valence-corrected chi connectivity index (χ0v) is 25.3. The van der Waals surface area contributed by atoms with Crippen molar-refractivity contribution in [2.75, 3.05) is 0 Å². The van der Waals surface area contributed by atoms with E-state index in [2.05, 4.69) is 149 Å². The molecule has 220 valence electrons. The van der Waals surface area contributed by atoms with Crippen LogP contribution in [-0.4, -0.2) is 14.1 Å². The highest BCUT2D eigenvalue weighted by molar-refractivity contribution is 6.13. The van der Waals surface area contributed by atoms with Crippen LogP contribution < -0.4 is 0 Å². The molecule has 0 amide bonds. The van der Waals surface area contributed by atoms with Gasteiger partial charge in [-0.15, -0.1) is 0 Å². The van der Waals surface area contributed by atoms with Gasteiger partial charge in [-0.25, -0.2) is 4.98 Å². The van der Waals surface area contributed by atoms with Gasteiger partial charge in [0.15, 0.2) is 0 Å². The fraction of sp³-hybridized carbons (Fsp3) is 0. The van der Waals surface area contributed by atoms with Crippen LogP contribution in [0.2, 0.25) is 0 Å². The molecule has 0 atom stereocenters. The van der Waals surface area contributed by atoms with Crippen molar-refractivity contribution >= 4 is 54.8 Å². The predicted molar refractivity (Wildman–Crippen MR) is 194 cm³/mol. The van der Waals surface area contributed by atoms with Crippen molar-refractivity contribution in [3.63, 3.8) is 0 Å². The summed E-state index contributed by atoms with van der Waals surface area (Å²) in [6.07, 6.45) is 0. The monoisotopic (exact) mass is 601 g/mol. The summed E-state index contributed by atoms with van der Waals surface area (Å²) in [4.78, 5) is 5.07. The van der Waals surface area contributed by atoms with Gasteiger partial charge in [0, 0.05) is 44.0 Å². The van der Waals surface area contributed by atoms with Crippen molar-refractivity contribution in [1.29, 1.82) is 0 Å². The maximum Gasteiger partial charge on any atom is 0.145 e. The Morgan fingerprint density at radius 3 is 1.96 bits per heavy atom. The minimum atomic E-state index is 0.912. The van der Waals surface area contributed by atoms with Crippen LogP contribution in [0.3, 0.4) is 0 Å². The van der Waals surface area contributed by atoms with Gasteiger partial charge < -0.3 is 8.98 Å². The van der Waals surface area contributed by atoms with Crippen LogP contribution in [0.5, 0.6) is 0 Å². The Hall–Kier alpha value is -6.39. The van der Waals surface area contributed by atoms with Crippen LogP contribution in [0.15, 0.2) is 168 Å². The van der Waals surface area contributed by atoms with E-state index in [0.717, 1.165) is 72.4 Å². The number of imidazole rings is 1. The van der Waals surface area contributed by atoms with E-state index in [9.17, 15) is 0 Å². The van der Waals surface area contributed by atoms with E-state index in [4.69, 9.17) is 9.40 Å². The molecule has 0 bridgehead atoms. The van der Waals surface area contributed by atoms with E-state index in [1.165, 1.54) is 16.3 Å². The van der Waals surface area contributed by atoms with Gasteiger partial charge in [0.05, 0.1) is 22.1 Å². The van der Waals surface area contributed by atoms with Crippen molar-refractivity contribution in [3.05, 3.63) is 164 Å². The molecule has 3 heterocycles. The van der Waals surface area contributed by atoms with E-state index in [-0.39, 0.29) is 0 Å². The molecule has 0 radical (unpaired) electrons. The molecule has 4 heteroatoms. The number of hydrogen-bond acceptors (Lipinski definition) is 2. The molecule has 0 aliphatic heterocycles. The molecule has 7 aromatic carbocycles. The summed E-state index contributed by atoms with van der Waals surface area (Å²) in [6.45, 7) is 0. The van der Waals surface area contributed by atoms with E-state index >= 15 is 0 Å². The third kappa shape index (κ3) is 3.92. The minimum absolute atomic E-state index is 0.912. The van der Waals surface area contributed by atoms with Gasteiger partial charge in [0.25, 0.3) is 0 Å². The Morgan fingerprint density at radius 1 is 0.426 bits per heavy atom. The van der Waals surface area contributed by atoms with Crippen LogP contribution in [0.4, 0.5) is 0 Å². The maximum atomic E-state index is 6.40. The van der Waals surface area contributed by atoms with Crippen LogP contribution in [0.1, 0.15) is 0 Å². The summed E-state index contributed by atoms with van der Waals surface area (Å²) in [5.74, 6) is 0.926. The van der Waals surface area contributed by atoms with Crippen LogP contribution in [0.25, 0.3) is 88.7 Å². The molecule has 47 heavy (non-hydrogen) atoms. The van der Waals surface area contributed by atoms with Gasteiger partial charge in [0.2, 0.25) is 0 Å². The van der Waals surface area contributed by atoms with E-state index < -0.39 is 0 Å². The lowest BCUT2D eigenvalue weighted by molar-refractivity contribution is 0.670. The first-order chi connectivity index (χ1) is 23.3. The number of furan rings is 1. The minimum Gasteiger partial charge on any atom is -0.455 e.